The van der Waals surface area contributed by atoms with Crippen molar-refractivity contribution in [3.63, 3.8) is 0 Å². The van der Waals surface area contributed by atoms with Crippen molar-refractivity contribution in [2.45, 2.75) is 13.8 Å². The van der Waals surface area contributed by atoms with Crippen LogP contribution in [0, 0.1) is 13.8 Å². The van der Waals surface area contributed by atoms with Gasteiger partial charge < -0.3 is 14.8 Å². The van der Waals surface area contributed by atoms with Gasteiger partial charge in [0.25, 0.3) is 0 Å². The smallest absolute Gasteiger partial charge is 0.141 e. The van der Waals surface area contributed by atoms with Crippen LogP contribution in [-0.2, 0) is 7.05 Å². The van der Waals surface area contributed by atoms with Crippen molar-refractivity contribution >= 4 is 6.21 Å². The molecule has 0 aliphatic rings. The molecule has 0 aliphatic heterocycles. The molecule has 0 spiro atoms. The van der Waals surface area contributed by atoms with E-state index in [2.05, 4.69) is 15.4 Å². The quantitative estimate of drug-likeness (QED) is 0.440. The van der Waals surface area contributed by atoms with Gasteiger partial charge in [-0.25, -0.2) is 0 Å². The number of phenols is 1. The summed E-state index contributed by atoms with van der Waals surface area (Å²) in [5.74, 6) is 0.837. The van der Waals surface area contributed by atoms with Gasteiger partial charge in [0, 0.05) is 18.2 Å². The summed E-state index contributed by atoms with van der Waals surface area (Å²) in [5.41, 5.74) is 4.46. The molecule has 2 aromatic heterocycles. The van der Waals surface area contributed by atoms with Gasteiger partial charge in [-0.05, 0) is 38.1 Å². The number of nitrogens with zero attached hydrogens (tertiary/aromatic N) is 4. The highest BCUT2D eigenvalue weighted by atomic mass is 16.5. The first-order valence-corrected chi connectivity index (χ1v) is 7.00. The summed E-state index contributed by atoms with van der Waals surface area (Å²) in [5, 5.41) is 30.1. The number of benzene rings is 1. The van der Waals surface area contributed by atoms with E-state index >= 15 is 0 Å². The van der Waals surface area contributed by atoms with Crippen LogP contribution in [0.3, 0.4) is 0 Å². The predicted octanol–water partition coefficient (Wildman–Crippen LogP) is 2.87. The first-order valence-electron chi connectivity index (χ1n) is 7.00. The maximum atomic E-state index is 9.48. The van der Waals surface area contributed by atoms with Crippen LogP contribution in [0.25, 0.3) is 22.4 Å². The SMILES string of the molecule is Cc1noc(C)c1-c1c(-c2ccc(O)cc2)nn(C)c1/C=N/O. The Morgan fingerprint density at radius 3 is 2.43 bits per heavy atom. The zero-order chi connectivity index (χ0) is 16.6. The maximum Gasteiger partial charge on any atom is 0.141 e. The van der Waals surface area contributed by atoms with Crippen LogP contribution in [0.4, 0.5) is 0 Å². The topological polar surface area (TPSA) is 96.7 Å². The van der Waals surface area contributed by atoms with Crippen molar-refractivity contribution in [1.82, 2.24) is 14.9 Å². The standard InChI is InChI=1S/C16H16N4O3/c1-9-14(10(2)23-19-9)15-13(8-17-22)20(3)18-16(15)11-4-6-12(21)7-5-11/h4-8,21-22H,1-3H3/b17-8+. The molecule has 0 atom stereocenters. The second-order valence-corrected chi connectivity index (χ2v) is 5.22. The number of hydrogen-bond donors (Lipinski definition) is 2. The highest BCUT2D eigenvalue weighted by Gasteiger charge is 2.24. The molecule has 118 valence electrons. The molecule has 0 bridgehead atoms. The highest BCUT2D eigenvalue weighted by Crippen LogP contribution is 2.37. The zero-order valence-electron chi connectivity index (χ0n) is 13.0. The van der Waals surface area contributed by atoms with Crippen molar-refractivity contribution < 1.29 is 14.8 Å². The summed E-state index contributed by atoms with van der Waals surface area (Å²) in [6.45, 7) is 3.67. The molecule has 3 aromatic rings. The first-order chi connectivity index (χ1) is 11.0. The Balaban J connectivity index is 2.33. The third-order valence-corrected chi connectivity index (χ3v) is 3.70. The second-order valence-electron chi connectivity index (χ2n) is 5.22. The van der Waals surface area contributed by atoms with Crippen molar-refractivity contribution in [3.05, 3.63) is 41.4 Å². The fraction of sp³-hybridized carbons (Fsp3) is 0.188. The average Bonchev–Trinajstić information content (AvgIpc) is 3.01. The minimum absolute atomic E-state index is 0.181. The molecule has 23 heavy (non-hydrogen) atoms. The van der Waals surface area contributed by atoms with Gasteiger partial charge in [0.2, 0.25) is 0 Å². The average molecular weight is 312 g/mol. The minimum Gasteiger partial charge on any atom is -0.508 e. The molecule has 7 nitrogen and oxygen atoms in total. The van der Waals surface area contributed by atoms with Crippen LogP contribution in [0.5, 0.6) is 5.75 Å². The Hall–Kier alpha value is -3.09. The lowest BCUT2D eigenvalue weighted by molar-refractivity contribution is 0.321. The van der Waals surface area contributed by atoms with E-state index in [1.54, 1.807) is 36.0 Å². The van der Waals surface area contributed by atoms with Gasteiger partial charge in [-0.1, -0.05) is 10.3 Å². The van der Waals surface area contributed by atoms with Crippen molar-refractivity contribution in [2.75, 3.05) is 0 Å². The van der Waals surface area contributed by atoms with Gasteiger partial charge in [0.05, 0.1) is 23.2 Å². The summed E-state index contributed by atoms with van der Waals surface area (Å²) < 4.78 is 6.90. The Labute approximate surface area is 132 Å². The fourth-order valence-corrected chi connectivity index (χ4v) is 2.65. The number of aryl methyl sites for hydroxylation is 3. The fourth-order valence-electron chi connectivity index (χ4n) is 2.65. The van der Waals surface area contributed by atoms with Gasteiger partial charge >= 0.3 is 0 Å². The molecule has 0 aliphatic carbocycles. The van der Waals surface area contributed by atoms with E-state index in [1.165, 1.54) is 6.21 Å². The Morgan fingerprint density at radius 2 is 1.87 bits per heavy atom. The predicted molar refractivity (Wildman–Crippen MR) is 84.7 cm³/mol. The summed E-state index contributed by atoms with van der Waals surface area (Å²) >= 11 is 0. The van der Waals surface area contributed by atoms with Crippen molar-refractivity contribution in [2.24, 2.45) is 12.2 Å². The minimum atomic E-state index is 0.181. The van der Waals surface area contributed by atoms with E-state index < -0.39 is 0 Å². The molecule has 0 radical (unpaired) electrons. The Bertz CT molecular complexity index is 856. The lowest BCUT2D eigenvalue weighted by Crippen LogP contribution is -1.98. The molecular formula is C16H16N4O3. The molecule has 7 heteroatoms. The number of hydrogen-bond acceptors (Lipinski definition) is 6. The molecule has 3 rings (SSSR count). The van der Waals surface area contributed by atoms with Gasteiger partial charge in [0.1, 0.15) is 17.2 Å². The Kier molecular flexibility index (Phi) is 3.61. The highest BCUT2D eigenvalue weighted by molar-refractivity contribution is 5.96. The van der Waals surface area contributed by atoms with Crippen LogP contribution >= 0.6 is 0 Å². The van der Waals surface area contributed by atoms with Gasteiger partial charge in [-0.3, -0.25) is 4.68 Å². The van der Waals surface area contributed by atoms with Gasteiger partial charge in [0.15, 0.2) is 0 Å². The maximum absolute atomic E-state index is 9.48. The summed E-state index contributed by atoms with van der Waals surface area (Å²) in [4.78, 5) is 0. The molecule has 2 heterocycles. The van der Waals surface area contributed by atoms with Gasteiger partial charge in [-0.15, -0.1) is 0 Å². The summed E-state index contributed by atoms with van der Waals surface area (Å²) in [6.07, 6.45) is 1.33. The van der Waals surface area contributed by atoms with E-state index in [0.717, 1.165) is 22.4 Å². The molecule has 0 fully saturated rings. The van der Waals surface area contributed by atoms with Crippen molar-refractivity contribution in [1.29, 1.82) is 0 Å². The molecule has 0 saturated carbocycles. The third-order valence-electron chi connectivity index (χ3n) is 3.70. The van der Waals surface area contributed by atoms with Crippen LogP contribution in [0.15, 0.2) is 33.9 Å². The monoisotopic (exact) mass is 312 g/mol. The third kappa shape index (κ3) is 2.46. The van der Waals surface area contributed by atoms with E-state index in [9.17, 15) is 5.11 Å². The van der Waals surface area contributed by atoms with Crippen LogP contribution < -0.4 is 0 Å². The van der Waals surface area contributed by atoms with E-state index in [4.69, 9.17) is 9.73 Å². The molecule has 0 saturated heterocycles. The molecule has 0 amide bonds. The number of aromatic hydroxyl groups is 1. The first kappa shape index (κ1) is 14.8. The lowest BCUT2D eigenvalue weighted by atomic mass is 9.98. The van der Waals surface area contributed by atoms with Gasteiger partial charge in [-0.2, -0.15) is 5.10 Å². The normalized spacial score (nSPS) is 11.4. The molecule has 1 aromatic carbocycles. The number of oxime groups is 1. The van der Waals surface area contributed by atoms with E-state index in [0.29, 0.717) is 17.1 Å². The van der Waals surface area contributed by atoms with Crippen LogP contribution in [-0.4, -0.2) is 31.5 Å². The van der Waals surface area contributed by atoms with E-state index in [1.807, 2.05) is 13.8 Å². The zero-order valence-corrected chi connectivity index (χ0v) is 13.0. The molecule has 0 unspecified atom stereocenters. The van der Waals surface area contributed by atoms with E-state index in [-0.39, 0.29) is 5.75 Å². The molecular weight excluding hydrogens is 296 g/mol. The summed E-state index contributed by atoms with van der Waals surface area (Å²) in [7, 11) is 1.77. The van der Waals surface area contributed by atoms with Crippen LogP contribution in [0.2, 0.25) is 0 Å². The van der Waals surface area contributed by atoms with Crippen LogP contribution in [0.1, 0.15) is 17.1 Å². The number of rotatable bonds is 3. The summed E-state index contributed by atoms with van der Waals surface area (Å²) in [6, 6.07) is 6.75. The largest absolute Gasteiger partial charge is 0.508 e. The second kappa shape index (κ2) is 5.60. The number of aromatic nitrogens is 3. The molecule has 2 N–H and O–H groups in total. The number of phenolic OH excluding ortho intramolecular Hbond substituents is 1. The van der Waals surface area contributed by atoms with Crippen molar-refractivity contribution in [3.8, 4) is 28.1 Å². The Morgan fingerprint density at radius 1 is 1.17 bits per heavy atom. The lowest BCUT2D eigenvalue weighted by Gasteiger charge is -2.04.